The van der Waals surface area contributed by atoms with Crippen molar-refractivity contribution in [2.45, 2.75) is 25.8 Å². The van der Waals surface area contributed by atoms with Crippen LogP contribution in [0.25, 0.3) is 0 Å². The lowest BCUT2D eigenvalue weighted by Gasteiger charge is -2.12. The quantitative estimate of drug-likeness (QED) is 0.815. The zero-order valence-electron chi connectivity index (χ0n) is 11.6. The Morgan fingerprint density at radius 1 is 1.55 bits per heavy atom. The molecule has 1 atom stereocenters. The molecule has 20 heavy (non-hydrogen) atoms. The van der Waals surface area contributed by atoms with Gasteiger partial charge < -0.3 is 15.2 Å². The van der Waals surface area contributed by atoms with Crippen LogP contribution in [0.1, 0.15) is 34.3 Å². The molecule has 1 saturated heterocycles. The summed E-state index contributed by atoms with van der Waals surface area (Å²) in [5.41, 5.74) is 2.34. The average Bonchev–Trinajstić information content (AvgIpc) is 2.92. The number of carbonyl (C=O) groups is 1. The van der Waals surface area contributed by atoms with Gasteiger partial charge in [-0.1, -0.05) is 17.9 Å². The third-order valence-corrected chi connectivity index (χ3v) is 3.14. The molecule has 2 N–H and O–H groups in total. The Kier molecular flexibility index (Phi) is 5.16. The summed E-state index contributed by atoms with van der Waals surface area (Å²) in [6, 6.07) is 5.67. The van der Waals surface area contributed by atoms with E-state index in [2.05, 4.69) is 17.2 Å². The molecule has 1 aliphatic rings. The molecule has 0 aromatic heterocycles. The van der Waals surface area contributed by atoms with Gasteiger partial charge >= 0.3 is 0 Å². The Hall–Kier alpha value is -1.83. The molecule has 1 amide bonds. The fraction of sp³-hybridized carbons (Fsp3) is 0.438. The van der Waals surface area contributed by atoms with Crippen molar-refractivity contribution in [1.29, 1.82) is 0 Å². The van der Waals surface area contributed by atoms with Gasteiger partial charge in [0.15, 0.2) is 0 Å². The Bertz CT molecular complexity index is 536. The number of nitrogens with one attached hydrogen (secondary N) is 1. The second-order valence-corrected chi connectivity index (χ2v) is 4.86. The zero-order valence-corrected chi connectivity index (χ0v) is 11.6. The second kappa shape index (κ2) is 7.09. The largest absolute Gasteiger partial charge is 0.395 e. The maximum Gasteiger partial charge on any atom is 0.252 e. The highest BCUT2D eigenvalue weighted by Crippen LogP contribution is 2.12. The number of benzene rings is 1. The van der Waals surface area contributed by atoms with Crippen LogP contribution in [0, 0.1) is 18.8 Å². The molecule has 4 nitrogen and oxygen atoms in total. The van der Waals surface area contributed by atoms with Gasteiger partial charge in [0.05, 0.1) is 24.8 Å². The normalized spacial score (nSPS) is 17.4. The van der Waals surface area contributed by atoms with Gasteiger partial charge in [0.25, 0.3) is 5.91 Å². The second-order valence-electron chi connectivity index (χ2n) is 4.86. The molecule has 1 heterocycles. The third-order valence-electron chi connectivity index (χ3n) is 3.14. The molecule has 1 aliphatic heterocycles. The number of aliphatic hydroxyl groups is 1. The number of carbonyl (C=O) groups excluding carboxylic acids is 1. The van der Waals surface area contributed by atoms with Crippen LogP contribution < -0.4 is 5.32 Å². The van der Waals surface area contributed by atoms with E-state index in [1.54, 1.807) is 6.07 Å². The maximum absolute atomic E-state index is 12.3. The molecule has 4 heteroatoms. The summed E-state index contributed by atoms with van der Waals surface area (Å²) in [4.78, 5) is 12.3. The summed E-state index contributed by atoms with van der Waals surface area (Å²) >= 11 is 0. The lowest BCUT2D eigenvalue weighted by molar-refractivity contribution is 0.0929. The predicted molar refractivity (Wildman–Crippen MR) is 76.5 cm³/mol. The van der Waals surface area contributed by atoms with E-state index in [0.717, 1.165) is 12.0 Å². The van der Waals surface area contributed by atoms with Gasteiger partial charge in [0.2, 0.25) is 0 Å². The van der Waals surface area contributed by atoms with Crippen molar-refractivity contribution in [3.63, 3.8) is 0 Å². The van der Waals surface area contributed by atoms with E-state index in [-0.39, 0.29) is 18.6 Å². The van der Waals surface area contributed by atoms with Gasteiger partial charge in [-0.25, -0.2) is 0 Å². The van der Waals surface area contributed by atoms with E-state index in [1.165, 1.54) is 0 Å². The zero-order chi connectivity index (χ0) is 14.4. The van der Waals surface area contributed by atoms with Crippen molar-refractivity contribution in [2.75, 3.05) is 19.8 Å². The van der Waals surface area contributed by atoms with Crippen molar-refractivity contribution < 1.29 is 14.6 Å². The summed E-state index contributed by atoms with van der Waals surface area (Å²) in [5.74, 6) is 5.70. The number of amides is 1. The summed E-state index contributed by atoms with van der Waals surface area (Å²) in [6.07, 6.45) is 1.26. The van der Waals surface area contributed by atoms with Crippen LogP contribution in [-0.4, -0.2) is 36.9 Å². The van der Waals surface area contributed by atoms with E-state index >= 15 is 0 Å². The predicted octanol–water partition coefficient (Wildman–Crippen LogP) is 1.25. The number of hydrogen-bond donors (Lipinski definition) is 2. The van der Waals surface area contributed by atoms with Crippen LogP contribution in [0.15, 0.2) is 18.2 Å². The molecule has 0 saturated carbocycles. The molecule has 1 fully saturated rings. The van der Waals surface area contributed by atoms with Gasteiger partial charge in [-0.2, -0.15) is 0 Å². The van der Waals surface area contributed by atoms with E-state index in [9.17, 15) is 4.79 Å². The molecule has 0 bridgehead atoms. The number of aliphatic hydroxyl groups excluding tert-OH is 1. The molecular formula is C16H19NO3. The SMILES string of the molecule is Cc1ccc(C(=O)NC2CCOC2)c(C#CCCO)c1. The number of ether oxygens (including phenoxy) is 1. The van der Waals surface area contributed by atoms with Crippen molar-refractivity contribution in [3.8, 4) is 11.8 Å². The Labute approximate surface area is 119 Å². The van der Waals surface area contributed by atoms with Gasteiger partial charge in [-0.05, 0) is 31.0 Å². The average molecular weight is 273 g/mol. The van der Waals surface area contributed by atoms with Gasteiger partial charge in [-0.15, -0.1) is 0 Å². The summed E-state index contributed by atoms with van der Waals surface area (Å²) in [6.45, 7) is 3.26. The fourth-order valence-corrected chi connectivity index (χ4v) is 2.08. The minimum absolute atomic E-state index is 0.0275. The number of aryl methyl sites for hydroxylation is 1. The lowest BCUT2D eigenvalue weighted by atomic mass is 10.0. The van der Waals surface area contributed by atoms with E-state index in [4.69, 9.17) is 9.84 Å². The Morgan fingerprint density at radius 2 is 2.40 bits per heavy atom. The summed E-state index contributed by atoms with van der Waals surface area (Å²) < 4.78 is 5.25. The van der Waals surface area contributed by atoms with Crippen LogP contribution in [0.5, 0.6) is 0 Å². The van der Waals surface area contributed by atoms with Crippen molar-refractivity contribution in [1.82, 2.24) is 5.32 Å². The first-order valence-corrected chi connectivity index (χ1v) is 6.79. The van der Waals surface area contributed by atoms with Crippen LogP contribution in [0.2, 0.25) is 0 Å². The van der Waals surface area contributed by atoms with E-state index < -0.39 is 0 Å². The smallest absolute Gasteiger partial charge is 0.252 e. The first kappa shape index (κ1) is 14.6. The van der Waals surface area contributed by atoms with Crippen molar-refractivity contribution in [2.24, 2.45) is 0 Å². The molecule has 0 radical (unpaired) electrons. The highest BCUT2D eigenvalue weighted by Gasteiger charge is 2.19. The third kappa shape index (κ3) is 3.83. The minimum Gasteiger partial charge on any atom is -0.395 e. The number of rotatable bonds is 3. The highest BCUT2D eigenvalue weighted by atomic mass is 16.5. The molecule has 1 unspecified atom stereocenters. The van der Waals surface area contributed by atoms with E-state index in [1.807, 2.05) is 19.1 Å². The van der Waals surface area contributed by atoms with Crippen LogP contribution in [0.3, 0.4) is 0 Å². The lowest BCUT2D eigenvalue weighted by Crippen LogP contribution is -2.35. The van der Waals surface area contributed by atoms with Crippen LogP contribution >= 0.6 is 0 Å². The first-order valence-electron chi connectivity index (χ1n) is 6.79. The van der Waals surface area contributed by atoms with Gasteiger partial charge in [0.1, 0.15) is 0 Å². The maximum atomic E-state index is 12.3. The standard InChI is InChI=1S/C16H19NO3/c1-12-5-6-15(13(10-12)4-2-3-8-18)16(19)17-14-7-9-20-11-14/h5-6,10,14,18H,3,7-9,11H2,1H3,(H,17,19). The van der Waals surface area contributed by atoms with Crippen molar-refractivity contribution in [3.05, 3.63) is 34.9 Å². The summed E-state index contributed by atoms with van der Waals surface area (Å²) in [7, 11) is 0. The van der Waals surface area contributed by atoms with Gasteiger partial charge in [-0.3, -0.25) is 4.79 Å². The van der Waals surface area contributed by atoms with Crippen LogP contribution in [0.4, 0.5) is 0 Å². The molecular weight excluding hydrogens is 254 g/mol. The highest BCUT2D eigenvalue weighted by molar-refractivity contribution is 5.97. The monoisotopic (exact) mass is 273 g/mol. The first-order chi connectivity index (χ1) is 9.70. The molecule has 2 rings (SSSR count). The molecule has 0 aliphatic carbocycles. The minimum atomic E-state index is -0.117. The fourth-order valence-electron chi connectivity index (χ4n) is 2.08. The summed E-state index contributed by atoms with van der Waals surface area (Å²) in [5, 5.41) is 11.7. The van der Waals surface area contributed by atoms with E-state index in [0.29, 0.717) is 30.8 Å². The molecule has 106 valence electrons. The molecule has 0 spiro atoms. The van der Waals surface area contributed by atoms with Crippen molar-refractivity contribution >= 4 is 5.91 Å². The Balaban J connectivity index is 2.17. The Morgan fingerprint density at radius 3 is 3.10 bits per heavy atom. The molecule has 1 aromatic carbocycles. The molecule has 1 aromatic rings. The van der Waals surface area contributed by atoms with Gasteiger partial charge in [0, 0.05) is 18.6 Å². The topological polar surface area (TPSA) is 58.6 Å². The van der Waals surface area contributed by atoms with Crippen LogP contribution in [-0.2, 0) is 4.74 Å². The number of hydrogen-bond acceptors (Lipinski definition) is 3.